The number of hydrogen-bond acceptors (Lipinski definition) is 5. The summed E-state index contributed by atoms with van der Waals surface area (Å²) in [5.74, 6) is 0. The van der Waals surface area contributed by atoms with Gasteiger partial charge in [0.15, 0.2) is 0 Å². The molecule has 0 spiro atoms. The quantitative estimate of drug-likeness (QED) is 0.861. The minimum Gasteiger partial charge on any atom is -0.328 e. The van der Waals surface area contributed by atoms with Gasteiger partial charge in [0.05, 0.1) is 11.4 Å². The van der Waals surface area contributed by atoms with E-state index in [4.69, 9.17) is 0 Å². The van der Waals surface area contributed by atoms with Crippen molar-refractivity contribution < 1.29 is 8.42 Å². The highest BCUT2D eigenvalue weighted by molar-refractivity contribution is 7.89. The van der Waals surface area contributed by atoms with Gasteiger partial charge in [0, 0.05) is 23.3 Å². The highest BCUT2D eigenvalue weighted by Gasteiger charge is 2.14. The van der Waals surface area contributed by atoms with E-state index in [1.54, 1.807) is 0 Å². The number of pyridine rings is 1. The van der Waals surface area contributed by atoms with Gasteiger partial charge in [-0.1, -0.05) is 0 Å². The molecule has 6 nitrogen and oxygen atoms in total. The third-order valence-electron chi connectivity index (χ3n) is 2.15. The van der Waals surface area contributed by atoms with Crippen molar-refractivity contribution in [2.45, 2.75) is 18.4 Å². The summed E-state index contributed by atoms with van der Waals surface area (Å²) in [7, 11) is -3.62. The Morgan fingerprint density at radius 1 is 1.44 bits per heavy atom. The second-order valence-corrected chi connectivity index (χ2v) is 6.31. The van der Waals surface area contributed by atoms with Gasteiger partial charge in [-0.3, -0.25) is 4.79 Å². The van der Waals surface area contributed by atoms with Crippen LogP contribution in [0, 0.1) is 6.92 Å². The Bertz CT molecular complexity index is 683. The van der Waals surface area contributed by atoms with Crippen LogP contribution in [-0.2, 0) is 16.6 Å². The Kier molecular flexibility index (Phi) is 3.60. The van der Waals surface area contributed by atoms with Gasteiger partial charge in [0.25, 0.3) is 0 Å². The van der Waals surface area contributed by atoms with E-state index in [9.17, 15) is 13.2 Å². The molecule has 0 aliphatic heterocycles. The van der Waals surface area contributed by atoms with Crippen molar-refractivity contribution in [3.05, 3.63) is 44.8 Å². The molecule has 0 aliphatic rings. The fraction of sp³-hybridized carbons (Fsp3) is 0.200. The standard InChI is InChI=1S/C10H11N3O3S2/c1-7-6-17-10(13-7)5-12-18(15,16)8-2-3-9(14)11-4-8/h2-4,6,12H,5H2,1H3,(H,11,14). The van der Waals surface area contributed by atoms with Crippen molar-refractivity contribution in [2.75, 3.05) is 0 Å². The number of thiazole rings is 1. The summed E-state index contributed by atoms with van der Waals surface area (Å²) >= 11 is 1.39. The van der Waals surface area contributed by atoms with Crippen LogP contribution >= 0.6 is 11.3 Å². The van der Waals surface area contributed by atoms with Crippen LogP contribution in [0.3, 0.4) is 0 Å². The Morgan fingerprint density at radius 3 is 2.78 bits per heavy atom. The topological polar surface area (TPSA) is 91.9 Å². The van der Waals surface area contributed by atoms with E-state index in [1.165, 1.54) is 23.5 Å². The average molecular weight is 285 g/mol. The highest BCUT2D eigenvalue weighted by Crippen LogP contribution is 2.10. The molecule has 0 saturated carbocycles. The first kappa shape index (κ1) is 12.9. The summed E-state index contributed by atoms with van der Waals surface area (Å²) in [5, 5.41) is 2.55. The van der Waals surface area contributed by atoms with Crippen LogP contribution in [0.25, 0.3) is 0 Å². The first-order chi connectivity index (χ1) is 8.47. The lowest BCUT2D eigenvalue weighted by molar-refractivity contribution is 0.580. The number of nitrogens with zero attached hydrogens (tertiary/aromatic N) is 1. The lowest BCUT2D eigenvalue weighted by Gasteiger charge is -2.04. The molecule has 0 saturated heterocycles. The number of H-pyrrole nitrogens is 1. The summed E-state index contributed by atoms with van der Waals surface area (Å²) in [6.45, 7) is 1.98. The zero-order valence-electron chi connectivity index (χ0n) is 9.50. The molecule has 2 heterocycles. The van der Waals surface area contributed by atoms with Crippen molar-refractivity contribution in [1.82, 2.24) is 14.7 Å². The second-order valence-electron chi connectivity index (χ2n) is 3.60. The third-order valence-corrected chi connectivity index (χ3v) is 4.51. The molecule has 0 bridgehead atoms. The number of rotatable bonds is 4. The van der Waals surface area contributed by atoms with Gasteiger partial charge in [-0.2, -0.15) is 0 Å². The molecule has 2 rings (SSSR count). The molecule has 96 valence electrons. The molecule has 0 amide bonds. The van der Waals surface area contributed by atoms with E-state index >= 15 is 0 Å². The highest BCUT2D eigenvalue weighted by atomic mass is 32.2. The Labute approximate surface area is 108 Å². The fourth-order valence-electron chi connectivity index (χ4n) is 1.29. The zero-order valence-corrected chi connectivity index (χ0v) is 11.1. The van der Waals surface area contributed by atoms with Gasteiger partial charge >= 0.3 is 0 Å². The van der Waals surface area contributed by atoms with E-state index in [-0.39, 0.29) is 17.0 Å². The fourth-order valence-corrected chi connectivity index (χ4v) is 3.04. The number of aromatic nitrogens is 2. The smallest absolute Gasteiger partial charge is 0.247 e. The maximum Gasteiger partial charge on any atom is 0.247 e. The van der Waals surface area contributed by atoms with Crippen LogP contribution in [0.4, 0.5) is 0 Å². The molecule has 0 aliphatic carbocycles. The van der Waals surface area contributed by atoms with E-state index in [2.05, 4.69) is 14.7 Å². The SMILES string of the molecule is Cc1csc(CNS(=O)(=O)c2ccc(=O)[nH]c2)n1. The summed E-state index contributed by atoms with van der Waals surface area (Å²) in [5.41, 5.74) is 0.516. The molecule has 8 heteroatoms. The van der Waals surface area contributed by atoms with Crippen molar-refractivity contribution >= 4 is 21.4 Å². The lowest BCUT2D eigenvalue weighted by Crippen LogP contribution is -2.24. The Hall–Kier alpha value is -1.51. The summed E-state index contributed by atoms with van der Waals surface area (Å²) < 4.78 is 26.2. The van der Waals surface area contributed by atoms with Gasteiger partial charge in [-0.25, -0.2) is 18.1 Å². The molecule has 2 aromatic heterocycles. The second kappa shape index (κ2) is 5.01. The summed E-state index contributed by atoms with van der Waals surface area (Å²) in [6.07, 6.45) is 1.16. The maximum atomic E-state index is 11.9. The number of nitrogens with one attached hydrogen (secondary N) is 2. The minimum atomic E-state index is -3.62. The molecule has 2 aromatic rings. The van der Waals surface area contributed by atoms with E-state index in [0.29, 0.717) is 5.01 Å². The van der Waals surface area contributed by atoms with Crippen molar-refractivity contribution in [2.24, 2.45) is 0 Å². The van der Waals surface area contributed by atoms with E-state index in [0.717, 1.165) is 11.9 Å². The molecule has 0 unspecified atom stereocenters. The van der Waals surface area contributed by atoms with E-state index in [1.807, 2.05) is 12.3 Å². The normalized spacial score (nSPS) is 11.6. The Morgan fingerprint density at radius 2 is 2.22 bits per heavy atom. The molecule has 0 aromatic carbocycles. The van der Waals surface area contributed by atoms with Crippen LogP contribution in [-0.4, -0.2) is 18.4 Å². The van der Waals surface area contributed by atoms with Crippen LogP contribution in [0.2, 0.25) is 0 Å². The van der Waals surface area contributed by atoms with Crippen LogP contribution < -0.4 is 10.3 Å². The van der Waals surface area contributed by atoms with Gasteiger partial charge in [-0.05, 0) is 13.0 Å². The number of aryl methyl sites for hydroxylation is 1. The summed E-state index contributed by atoms with van der Waals surface area (Å²) in [4.78, 5) is 17.4. The zero-order chi connectivity index (χ0) is 13.2. The van der Waals surface area contributed by atoms with Crippen molar-refractivity contribution in [3.63, 3.8) is 0 Å². The molecule has 2 N–H and O–H groups in total. The van der Waals surface area contributed by atoms with Crippen LogP contribution in [0.5, 0.6) is 0 Å². The molecule has 18 heavy (non-hydrogen) atoms. The predicted molar refractivity (Wildman–Crippen MR) is 67.9 cm³/mol. The number of aromatic amines is 1. The number of hydrogen-bond donors (Lipinski definition) is 2. The lowest BCUT2D eigenvalue weighted by atomic mass is 10.5. The van der Waals surface area contributed by atoms with Gasteiger partial charge < -0.3 is 4.98 Å². The first-order valence-electron chi connectivity index (χ1n) is 5.07. The molecule has 0 atom stereocenters. The van der Waals surface area contributed by atoms with Crippen LogP contribution in [0.15, 0.2) is 33.4 Å². The molecular weight excluding hydrogens is 274 g/mol. The van der Waals surface area contributed by atoms with Crippen molar-refractivity contribution in [3.8, 4) is 0 Å². The maximum absolute atomic E-state index is 11.9. The third kappa shape index (κ3) is 3.03. The van der Waals surface area contributed by atoms with Gasteiger partial charge in [-0.15, -0.1) is 11.3 Å². The average Bonchev–Trinajstić information content (AvgIpc) is 2.73. The number of sulfonamides is 1. The van der Waals surface area contributed by atoms with Gasteiger partial charge in [0.2, 0.25) is 15.6 Å². The Balaban J connectivity index is 2.12. The summed E-state index contributed by atoms with van der Waals surface area (Å²) in [6, 6.07) is 2.43. The minimum absolute atomic E-state index is 0.0235. The van der Waals surface area contributed by atoms with Gasteiger partial charge in [0.1, 0.15) is 5.01 Å². The molecule has 0 radical (unpaired) electrons. The predicted octanol–water partition coefficient (Wildman–Crippen LogP) is 0.618. The van der Waals surface area contributed by atoms with Crippen LogP contribution in [0.1, 0.15) is 10.7 Å². The monoisotopic (exact) mass is 285 g/mol. The molecule has 0 fully saturated rings. The largest absolute Gasteiger partial charge is 0.328 e. The first-order valence-corrected chi connectivity index (χ1v) is 7.43. The van der Waals surface area contributed by atoms with Crippen molar-refractivity contribution in [1.29, 1.82) is 0 Å². The molecular formula is C10H11N3O3S2. The van der Waals surface area contributed by atoms with E-state index < -0.39 is 10.0 Å².